The molecule has 64 valence electrons. The molecule has 0 atom stereocenters. The highest BCUT2D eigenvalue weighted by atomic mass is 35.5. The number of hydrogen-bond donors (Lipinski definition) is 2. The molecule has 1 rings (SSSR count). The number of pyridine rings is 1. The zero-order valence-electron chi connectivity index (χ0n) is 5.84. The summed E-state index contributed by atoms with van der Waals surface area (Å²) in [5.74, 6) is -0.610. The van der Waals surface area contributed by atoms with E-state index < -0.39 is 5.91 Å². The highest BCUT2D eigenvalue weighted by Gasteiger charge is 2.10. The van der Waals surface area contributed by atoms with Crippen LogP contribution in [0.1, 0.15) is 10.4 Å². The average Bonchev–Trinajstić information content (AvgIpc) is 1.96. The number of anilines is 1. The maximum Gasteiger partial charge on any atom is 0.251 e. The van der Waals surface area contributed by atoms with Crippen LogP contribution in [0.15, 0.2) is 6.07 Å². The Morgan fingerprint density at radius 3 is 2.58 bits per heavy atom. The Bertz CT molecular complexity index is 340. The van der Waals surface area contributed by atoms with Gasteiger partial charge < -0.3 is 11.5 Å². The first-order chi connectivity index (χ1) is 5.52. The van der Waals surface area contributed by atoms with Gasteiger partial charge in [0.1, 0.15) is 11.0 Å². The molecule has 0 unspecified atom stereocenters. The summed E-state index contributed by atoms with van der Waals surface area (Å²) in [6.07, 6.45) is 0. The minimum Gasteiger partial charge on any atom is -0.382 e. The second-order valence-corrected chi connectivity index (χ2v) is 2.82. The Labute approximate surface area is 78.5 Å². The van der Waals surface area contributed by atoms with E-state index in [1.165, 1.54) is 6.07 Å². The number of primary amides is 1. The molecule has 0 fully saturated rings. The van der Waals surface area contributed by atoms with E-state index in [9.17, 15) is 4.79 Å². The second-order valence-electron chi connectivity index (χ2n) is 2.06. The van der Waals surface area contributed by atoms with Crippen LogP contribution in [0.2, 0.25) is 10.2 Å². The Morgan fingerprint density at radius 1 is 1.50 bits per heavy atom. The van der Waals surface area contributed by atoms with Crippen molar-refractivity contribution >= 4 is 34.9 Å². The molecule has 0 aliphatic rings. The van der Waals surface area contributed by atoms with Gasteiger partial charge in [-0.3, -0.25) is 4.79 Å². The molecule has 0 bridgehead atoms. The molecular formula is C6H5Cl2N3O. The molecule has 12 heavy (non-hydrogen) atoms. The van der Waals surface area contributed by atoms with E-state index in [0.717, 1.165) is 0 Å². The Morgan fingerprint density at radius 2 is 2.08 bits per heavy atom. The summed E-state index contributed by atoms with van der Waals surface area (Å²) in [7, 11) is 0. The molecule has 0 saturated carbocycles. The van der Waals surface area contributed by atoms with Gasteiger partial charge in [-0.05, 0) is 6.07 Å². The summed E-state index contributed by atoms with van der Waals surface area (Å²) in [5, 5.41) is 0.123. The largest absolute Gasteiger partial charge is 0.382 e. The number of carbonyl (C=O) groups is 1. The Hall–Kier alpha value is -1.00. The number of hydrogen-bond acceptors (Lipinski definition) is 3. The standard InChI is InChI=1S/C6H5Cl2N3O/c7-3-1-2(6(10)12)4(8)11-5(3)9/h1H,(H2,9,11)(H2,10,12). The summed E-state index contributed by atoms with van der Waals surface area (Å²) in [6, 6.07) is 1.29. The molecule has 4 nitrogen and oxygen atoms in total. The number of amides is 1. The van der Waals surface area contributed by atoms with E-state index in [-0.39, 0.29) is 21.6 Å². The number of halogens is 2. The summed E-state index contributed by atoms with van der Waals surface area (Å²) >= 11 is 11.1. The minimum absolute atomic E-state index is 0.0376. The van der Waals surface area contributed by atoms with Crippen LogP contribution in [0.25, 0.3) is 0 Å². The third kappa shape index (κ3) is 1.60. The third-order valence-electron chi connectivity index (χ3n) is 1.22. The maximum absolute atomic E-state index is 10.7. The van der Waals surface area contributed by atoms with Gasteiger partial charge in [0.15, 0.2) is 0 Å². The predicted molar refractivity (Wildman–Crippen MR) is 47.2 cm³/mol. The summed E-state index contributed by atoms with van der Waals surface area (Å²) in [6.45, 7) is 0. The smallest absolute Gasteiger partial charge is 0.251 e. The molecule has 0 aliphatic carbocycles. The van der Waals surface area contributed by atoms with Gasteiger partial charge in [0.2, 0.25) is 0 Å². The van der Waals surface area contributed by atoms with E-state index in [0.29, 0.717) is 0 Å². The van der Waals surface area contributed by atoms with Gasteiger partial charge in [0, 0.05) is 0 Å². The number of nitrogens with zero attached hydrogens (tertiary/aromatic N) is 1. The normalized spacial score (nSPS) is 9.83. The van der Waals surface area contributed by atoms with Crippen molar-refractivity contribution in [3.8, 4) is 0 Å². The second kappa shape index (κ2) is 3.16. The van der Waals surface area contributed by atoms with Crippen LogP contribution in [0.4, 0.5) is 5.82 Å². The topological polar surface area (TPSA) is 82.0 Å². The number of nitrogen functional groups attached to an aromatic ring is 1. The van der Waals surface area contributed by atoms with Crippen molar-refractivity contribution in [3.63, 3.8) is 0 Å². The summed E-state index contributed by atoms with van der Waals surface area (Å²) in [4.78, 5) is 14.3. The van der Waals surface area contributed by atoms with Gasteiger partial charge in [-0.1, -0.05) is 23.2 Å². The van der Waals surface area contributed by atoms with Crippen LogP contribution in [-0.4, -0.2) is 10.9 Å². The van der Waals surface area contributed by atoms with Gasteiger partial charge in [0.25, 0.3) is 5.91 Å². The van der Waals surface area contributed by atoms with Gasteiger partial charge >= 0.3 is 0 Å². The zero-order chi connectivity index (χ0) is 9.30. The van der Waals surface area contributed by atoms with Gasteiger partial charge in [-0.25, -0.2) is 4.98 Å². The molecule has 0 saturated heterocycles. The van der Waals surface area contributed by atoms with E-state index in [1.54, 1.807) is 0 Å². The highest BCUT2D eigenvalue weighted by Crippen LogP contribution is 2.22. The predicted octanol–water partition coefficient (Wildman–Crippen LogP) is 1.07. The van der Waals surface area contributed by atoms with E-state index in [2.05, 4.69) is 4.98 Å². The number of nitrogens with two attached hydrogens (primary N) is 2. The number of carbonyl (C=O) groups excluding carboxylic acids is 1. The maximum atomic E-state index is 10.7. The molecule has 1 aromatic rings. The average molecular weight is 206 g/mol. The Balaban J connectivity index is 3.33. The van der Waals surface area contributed by atoms with Gasteiger partial charge in [-0.15, -0.1) is 0 Å². The summed E-state index contributed by atoms with van der Waals surface area (Å²) in [5.41, 5.74) is 10.3. The highest BCUT2D eigenvalue weighted by molar-refractivity contribution is 6.36. The first-order valence-corrected chi connectivity index (χ1v) is 3.69. The lowest BCUT2D eigenvalue weighted by Crippen LogP contribution is -2.12. The third-order valence-corrected chi connectivity index (χ3v) is 1.81. The molecule has 1 amide bonds. The van der Waals surface area contributed by atoms with Crippen molar-refractivity contribution < 1.29 is 4.79 Å². The fourth-order valence-corrected chi connectivity index (χ4v) is 1.04. The Kier molecular flexibility index (Phi) is 2.40. The van der Waals surface area contributed by atoms with Crippen molar-refractivity contribution in [2.75, 3.05) is 5.73 Å². The van der Waals surface area contributed by atoms with Crippen molar-refractivity contribution in [2.24, 2.45) is 5.73 Å². The lowest BCUT2D eigenvalue weighted by Gasteiger charge is -2.01. The van der Waals surface area contributed by atoms with Crippen molar-refractivity contribution in [1.29, 1.82) is 0 Å². The minimum atomic E-state index is -0.686. The first-order valence-electron chi connectivity index (χ1n) is 2.93. The molecule has 1 aromatic heterocycles. The van der Waals surface area contributed by atoms with Gasteiger partial charge in [-0.2, -0.15) is 0 Å². The van der Waals surface area contributed by atoms with Crippen LogP contribution >= 0.6 is 23.2 Å². The lowest BCUT2D eigenvalue weighted by atomic mass is 10.3. The zero-order valence-corrected chi connectivity index (χ0v) is 7.36. The molecule has 0 radical (unpaired) electrons. The van der Waals surface area contributed by atoms with Crippen LogP contribution in [0, 0.1) is 0 Å². The molecule has 0 aliphatic heterocycles. The number of aromatic nitrogens is 1. The van der Waals surface area contributed by atoms with Crippen molar-refractivity contribution in [3.05, 3.63) is 21.8 Å². The molecule has 0 spiro atoms. The number of rotatable bonds is 1. The fourth-order valence-electron chi connectivity index (χ4n) is 0.652. The SMILES string of the molecule is NC(=O)c1cc(Cl)c(N)nc1Cl. The van der Waals surface area contributed by atoms with E-state index >= 15 is 0 Å². The van der Waals surface area contributed by atoms with Gasteiger partial charge in [0.05, 0.1) is 10.6 Å². The van der Waals surface area contributed by atoms with E-state index in [1.807, 2.05) is 0 Å². The first kappa shape index (κ1) is 9.09. The lowest BCUT2D eigenvalue weighted by molar-refractivity contribution is 0.1000. The van der Waals surface area contributed by atoms with E-state index in [4.69, 9.17) is 34.7 Å². The van der Waals surface area contributed by atoms with Crippen LogP contribution < -0.4 is 11.5 Å². The summed E-state index contributed by atoms with van der Waals surface area (Å²) < 4.78 is 0. The van der Waals surface area contributed by atoms with Crippen LogP contribution in [0.3, 0.4) is 0 Å². The van der Waals surface area contributed by atoms with Crippen LogP contribution in [-0.2, 0) is 0 Å². The molecule has 1 heterocycles. The van der Waals surface area contributed by atoms with Crippen molar-refractivity contribution in [2.45, 2.75) is 0 Å². The molecule has 0 aromatic carbocycles. The molecular weight excluding hydrogens is 201 g/mol. The van der Waals surface area contributed by atoms with Crippen molar-refractivity contribution in [1.82, 2.24) is 4.98 Å². The molecule has 4 N–H and O–H groups in total. The monoisotopic (exact) mass is 205 g/mol. The molecule has 6 heteroatoms. The quantitative estimate of drug-likeness (QED) is 0.674. The fraction of sp³-hybridized carbons (Fsp3) is 0. The van der Waals surface area contributed by atoms with Crippen LogP contribution in [0.5, 0.6) is 0 Å².